The molecule has 190 valence electrons. The number of fused-ring (bicyclic) bond motifs is 10. The molecule has 0 N–H and O–H groups in total. The summed E-state index contributed by atoms with van der Waals surface area (Å²) < 4.78 is 11.2. The van der Waals surface area contributed by atoms with Crippen molar-refractivity contribution in [1.82, 2.24) is 9.13 Å². The van der Waals surface area contributed by atoms with Crippen molar-refractivity contribution >= 4 is 65.6 Å². The molecule has 0 saturated heterocycles. The summed E-state index contributed by atoms with van der Waals surface area (Å²) in [7, 11) is 0. The summed E-state index contributed by atoms with van der Waals surface area (Å²) >= 11 is 0. The van der Waals surface area contributed by atoms with Crippen LogP contribution in [0.3, 0.4) is 0 Å². The van der Waals surface area contributed by atoms with Crippen molar-refractivity contribution in [2.45, 2.75) is 0 Å². The van der Waals surface area contributed by atoms with E-state index in [1.807, 2.05) is 24.3 Å². The minimum Gasteiger partial charge on any atom is -0.454 e. The first kappa shape index (κ1) is 22.1. The number of nitrogens with zero attached hydrogens (tertiary/aromatic N) is 3. The topological polar surface area (TPSA) is 46.8 Å². The zero-order valence-electron chi connectivity index (χ0n) is 21.9. The summed E-state index contributed by atoms with van der Waals surface area (Å²) in [6, 6.07) is 46.5. The smallest absolute Gasteiger partial charge is 0.160 e. The molecule has 41 heavy (non-hydrogen) atoms. The maximum Gasteiger partial charge on any atom is 0.160 e. The van der Waals surface area contributed by atoms with Gasteiger partial charge in [-0.15, -0.1) is 0 Å². The van der Waals surface area contributed by atoms with Gasteiger partial charge in [-0.3, -0.25) is 0 Å². The molecule has 0 radical (unpaired) electrons. The van der Waals surface area contributed by atoms with Crippen LogP contribution >= 0.6 is 0 Å². The van der Waals surface area contributed by atoms with Crippen molar-refractivity contribution in [2.24, 2.45) is 0 Å². The maximum absolute atomic E-state index is 9.56. The van der Waals surface area contributed by atoms with Crippen molar-refractivity contribution in [3.8, 4) is 17.4 Å². The standard InChI is InChI=1S/C37H21N3O/c38-22-23-16-19-34-31(20-23)27-11-2-4-13-32(27)39(34)24-8-7-9-25(21-24)40-33-14-5-1-10-26(33)29-17-18-30-28-12-3-6-15-35(28)41-37(30)36(29)40/h1-21H. The Morgan fingerprint density at radius 3 is 1.93 bits per heavy atom. The van der Waals surface area contributed by atoms with Crippen LogP contribution in [0.1, 0.15) is 5.56 Å². The van der Waals surface area contributed by atoms with Gasteiger partial charge < -0.3 is 13.6 Å². The number of hydrogen-bond donors (Lipinski definition) is 0. The number of nitriles is 1. The van der Waals surface area contributed by atoms with E-state index in [-0.39, 0.29) is 0 Å². The van der Waals surface area contributed by atoms with Crippen LogP contribution in [0.25, 0.3) is 76.9 Å². The normalized spacial score (nSPS) is 11.9. The molecule has 6 aromatic carbocycles. The first-order valence-electron chi connectivity index (χ1n) is 13.7. The molecule has 0 saturated carbocycles. The Labute approximate surface area is 234 Å². The van der Waals surface area contributed by atoms with E-state index in [0.717, 1.165) is 66.2 Å². The molecule has 0 spiro atoms. The highest BCUT2D eigenvalue weighted by Crippen LogP contribution is 2.41. The first-order valence-corrected chi connectivity index (χ1v) is 13.7. The fraction of sp³-hybridized carbons (Fsp3) is 0. The maximum atomic E-state index is 9.56. The summed E-state index contributed by atoms with van der Waals surface area (Å²) in [5.74, 6) is 0. The fourth-order valence-corrected chi connectivity index (χ4v) is 6.59. The molecule has 0 amide bonds. The van der Waals surface area contributed by atoms with Crippen LogP contribution in [0.5, 0.6) is 0 Å². The Bertz CT molecular complexity index is 2550. The Hall–Kier alpha value is -5.79. The van der Waals surface area contributed by atoms with Crippen LogP contribution in [0, 0.1) is 11.3 Å². The largest absolute Gasteiger partial charge is 0.454 e. The van der Waals surface area contributed by atoms with E-state index in [1.165, 1.54) is 10.8 Å². The molecule has 0 fully saturated rings. The molecule has 0 atom stereocenters. The molecule has 9 aromatic rings. The molecule has 9 rings (SSSR count). The summed E-state index contributed by atoms with van der Waals surface area (Å²) in [6.45, 7) is 0. The van der Waals surface area contributed by atoms with E-state index < -0.39 is 0 Å². The lowest BCUT2D eigenvalue weighted by Gasteiger charge is -2.13. The van der Waals surface area contributed by atoms with Gasteiger partial charge in [-0.25, -0.2) is 0 Å². The number of rotatable bonds is 2. The summed E-state index contributed by atoms with van der Waals surface area (Å²) in [5.41, 5.74) is 8.94. The molecule has 4 nitrogen and oxygen atoms in total. The molecule has 0 unspecified atom stereocenters. The highest BCUT2D eigenvalue weighted by atomic mass is 16.3. The lowest BCUT2D eigenvalue weighted by atomic mass is 10.1. The molecule has 4 heteroatoms. The van der Waals surface area contributed by atoms with E-state index in [1.54, 1.807) is 0 Å². The van der Waals surface area contributed by atoms with Crippen LogP contribution in [-0.4, -0.2) is 9.13 Å². The van der Waals surface area contributed by atoms with E-state index >= 15 is 0 Å². The monoisotopic (exact) mass is 523 g/mol. The average molecular weight is 524 g/mol. The van der Waals surface area contributed by atoms with Gasteiger partial charge in [-0.05, 0) is 60.7 Å². The van der Waals surface area contributed by atoms with Gasteiger partial charge in [0.25, 0.3) is 0 Å². The average Bonchev–Trinajstić information content (AvgIpc) is 3.68. The Morgan fingerprint density at radius 1 is 0.488 bits per heavy atom. The van der Waals surface area contributed by atoms with Gasteiger partial charge in [-0.2, -0.15) is 5.26 Å². The lowest BCUT2D eigenvalue weighted by Crippen LogP contribution is -1.98. The summed E-state index contributed by atoms with van der Waals surface area (Å²) in [5, 5.41) is 16.4. The van der Waals surface area contributed by atoms with Crippen molar-refractivity contribution in [1.29, 1.82) is 5.26 Å². The zero-order valence-corrected chi connectivity index (χ0v) is 21.9. The first-order chi connectivity index (χ1) is 20.3. The predicted molar refractivity (Wildman–Crippen MR) is 167 cm³/mol. The van der Waals surface area contributed by atoms with Crippen molar-refractivity contribution in [2.75, 3.05) is 0 Å². The number of aromatic nitrogens is 2. The highest BCUT2D eigenvalue weighted by Gasteiger charge is 2.19. The third-order valence-corrected chi connectivity index (χ3v) is 8.33. The molecular weight excluding hydrogens is 502 g/mol. The number of benzene rings is 6. The van der Waals surface area contributed by atoms with E-state index in [2.05, 4.69) is 118 Å². The van der Waals surface area contributed by atoms with Crippen LogP contribution in [0.4, 0.5) is 0 Å². The van der Waals surface area contributed by atoms with Crippen LogP contribution in [-0.2, 0) is 0 Å². The molecule has 0 bridgehead atoms. The van der Waals surface area contributed by atoms with Gasteiger partial charge in [0, 0.05) is 43.7 Å². The molecule has 3 heterocycles. The fourth-order valence-electron chi connectivity index (χ4n) is 6.59. The predicted octanol–water partition coefficient (Wildman–Crippen LogP) is 9.65. The van der Waals surface area contributed by atoms with E-state index in [9.17, 15) is 5.26 Å². The lowest BCUT2D eigenvalue weighted by molar-refractivity contribution is 0.671. The second-order valence-electron chi connectivity index (χ2n) is 10.5. The number of furan rings is 1. The minimum atomic E-state index is 0.661. The Morgan fingerprint density at radius 2 is 1.12 bits per heavy atom. The molecular formula is C37H21N3O. The third kappa shape index (κ3) is 2.98. The van der Waals surface area contributed by atoms with Crippen molar-refractivity contribution in [3.63, 3.8) is 0 Å². The summed E-state index contributed by atoms with van der Waals surface area (Å²) in [4.78, 5) is 0. The molecule has 0 aliphatic heterocycles. The van der Waals surface area contributed by atoms with E-state index in [0.29, 0.717) is 5.56 Å². The Kier molecular flexibility index (Phi) is 4.37. The van der Waals surface area contributed by atoms with Crippen molar-refractivity contribution in [3.05, 3.63) is 133 Å². The second kappa shape index (κ2) is 8.11. The van der Waals surface area contributed by atoms with Gasteiger partial charge in [0.1, 0.15) is 5.58 Å². The quantitative estimate of drug-likeness (QED) is 0.226. The summed E-state index contributed by atoms with van der Waals surface area (Å²) in [6.07, 6.45) is 0. The molecule has 3 aromatic heterocycles. The van der Waals surface area contributed by atoms with Gasteiger partial charge in [0.15, 0.2) is 5.58 Å². The highest BCUT2D eigenvalue weighted by molar-refractivity contribution is 6.21. The third-order valence-electron chi connectivity index (χ3n) is 8.33. The second-order valence-corrected chi connectivity index (χ2v) is 10.5. The van der Waals surface area contributed by atoms with Gasteiger partial charge in [0.05, 0.1) is 33.7 Å². The van der Waals surface area contributed by atoms with Crippen LogP contribution in [0.2, 0.25) is 0 Å². The number of para-hydroxylation sites is 3. The van der Waals surface area contributed by atoms with Gasteiger partial charge >= 0.3 is 0 Å². The zero-order chi connectivity index (χ0) is 27.1. The van der Waals surface area contributed by atoms with Gasteiger partial charge in [-0.1, -0.05) is 66.7 Å². The minimum absolute atomic E-state index is 0.661. The number of hydrogen-bond acceptors (Lipinski definition) is 2. The van der Waals surface area contributed by atoms with Gasteiger partial charge in [0.2, 0.25) is 0 Å². The molecule has 0 aliphatic carbocycles. The van der Waals surface area contributed by atoms with Crippen LogP contribution < -0.4 is 0 Å². The Balaban J connectivity index is 1.38. The molecule has 0 aliphatic rings. The van der Waals surface area contributed by atoms with E-state index in [4.69, 9.17) is 4.42 Å². The van der Waals surface area contributed by atoms with Crippen LogP contribution in [0.15, 0.2) is 132 Å². The SMILES string of the molecule is N#Cc1ccc2c(c1)c1ccccc1n2-c1cccc(-n2c3ccccc3c3ccc4c5ccccc5oc4c32)c1. The van der Waals surface area contributed by atoms with Crippen molar-refractivity contribution < 1.29 is 4.42 Å².